The lowest BCUT2D eigenvalue weighted by molar-refractivity contribution is -0.139. The number of hydrogen-bond donors (Lipinski definition) is 4. The van der Waals surface area contributed by atoms with Crippen LogP contribution >= 0.6 is 0 Å². The van der Waals surface area contributed by atoms with Gasteiger partial charge in [0.05, 0.1) is 0 Å². The molecule has 0 bridgehead atoms. The molecule has 3 heterocycles. The number of benzene rings is 2. The number of carbonyl (C=O) groups excluding carboxylic acids is 4. The summed E-state index contributed by atoms with van der Waals surface area (Å²) in [6, 6.07) is 11.1. The summed E-state index contributed by atoms with van der Waals surface area (Å²) >= 11 is 0. The molecule has 168 valence electrons. The number of piperidine rings is 1. The van der Waals surface area contributed by atoms with Gasteiger partial charge in [0.25, 0.3) is 5.91 Å². The third kappa shape index (κ3) is 4.08. The number of anilines is 1. The SMILES string of the molecule is O=C1CCC(N2C(=O)c3cc(CNC(=O)Nc4ccc(C5C=N5)cc4)ccc3C2O)C(=O)N1. The average Bonchev–Trinajstić information content (AvgIpc) is 3.61. The number of nitrogens with zero attached hydrogens (tertiary/aromatic N) is 2. The van der Waals surface area contributed by atoms with Crippen LogP contribution in [0.15, 0.2) is 47.5 Å². The molecule has 1 fully saturated rings. The molecule has 3 aliphatic heterocycles. The molecule has 2 aromatic rings. The van der Waals surface area contributed by atoms with E-state index < -0.39 is 36.0 Å². The van der Waals surface area contributed by atoms with Crippen molar-refractivity contribution < 1.29 is 24.3 Å². The Balaban J connectivity index is 1.22. The molecular weight excluding hydrogens is 426 g/mol. The van der Waals surface area contributed by atoms with Gasteiger partial charge in [-0.25, -0.2) is 4.79 Å². The highest BCUT2D eigenvalue weighted by atomic mass is 16.3. The largest absolute Gasteiger partial charge is 0.369 e. The summed E-state index contributed by atoms with van der Waals surface area (Å²) in [7, 11) is 0. The molecule has 3 atom stereocenters. The van der Waals surface area contributed by atoms with E-state index in [0.29, 0.717) is 16.8 Å². The number of fused-ring (bicyclic) bond motifs is 1. The van der Waals surface area contributed by atoms with Gasteiger partial charge in [0.2, 0.25) is 11.8 Å². The van der Waals surface area contributed by atoms with Crippen LogP contribution in [0.4, 0.5) is 10.5 Å². The molecule has 5 rings (SSSR count). The summed E-state index contributed by atoms with van der Waals surface area (Å²) in [5.74, 6) is -1.48. The first-order valence-electron chi connectivity index (χ1n) is 10.6. The van der Waals surface area contributed by atoms with Gasteiger partial charge in [-0.05, 0) is 35.7 Å². The topological polar surface area (TPSA) is 140 Å². The van der Waals surface area contributed by atoms with Crippen molar-refractivity contribution in [2.45, 2.75) is 37.7 Å². The highest BCUT2D eigenvalue weighted by Gasteiger charge is 2.44. The van der Waals surface area contributed by atoms with E-state index in [1.165, 1.54) is 0 Å². The summed E-state index contributed by atoms with van der Waals surface area (Å²) in [5.41, 5.74) is 3.03. The van der Waals surface area contributed by atoms with Crippen molar-refractivity contribution in [2.24, 2.45) is 4.99 Å². The first-order chi connectivity index (χ1) is 15.9. The lowest BCUT2D eigenvalue weighted by Gasteiger charge is -2.31. The number of rotatable bonds is 5. The van der Waals surface area contributed by atoms with Gasteiger partial charge in [-0.1, -0.05) is 24.3 Å². The van der Waals surface area contributed by atoms with Crippen LogP contribution in [0.5, 0.6) is 0 Å². The lowest BCUT2D eigenvalue weighted by atomic mass is 10.0. The number of amides is 5. The fraction of sp³-hybridized carbons (Fsp3) is 0.261. The van der Waals surface area contributed by atoms with E-state index in [1.54, 1.807) is 30.3 Å². The van der Waals surface area contributed by atoms with Gasteiger partial charge < -0.3 is 15.7 Å². The Hall–Kier alpha value is -4.05. The van der Waals surface area contributed by atoms with E-state index in [2.05, 4.69) is 20.9 Å². The number of nitrogens with one attached hydrogen (secondary N) is 3. The van der Waals surface area contributed by atoms with Crippen molar-refractivity contribution in [3.63, 3.8) is 0 Å². The minimum absolute atomic E-state index is 0.102. The number of hydrogen-bond acceptors (Lipinski definition) is 6. The van der Waals surface area contributed by atoms with Crippen molar-refractivity contribution in [1.29, 1.82) is 0 Å². The number of urea groups is 1. The fourth-order valence-electron chi connectivity index (χ4n) is 4.12. The Bertz CT molecular complexity index is 1190. The Labute approximate surface area is 188 Å². The molecular formula is C23H21N5O5. The van der Waals surface area contributed by atoms with E-state index >= 15 is 0 Å². The second-order valence-corrected chi connectivity index (χ2v) is 8.15. The maximum Gasteiger partial charge on any atom is 0.319 e. The van der Waals surface area contributed by atoms with Crippen molar-refractivity contribution in [3.05, 3.63) is 64.7 Å². The predicted octanol–water partition coefficient (Wildman–Crippen LogP) is 1.39. The molecule has 3 aliphatic rings. The van der Waals surface area contributed by atoms with Crippen LogP contribution in [0.3, 0.4) is 0 Å². The smallest absolute Gasteiger partial charge is 0.319 e. The quantitative estimate of drug-likeness (QED) is 0.513. The number of aliphatic hydroxyl groups excluding tert-OH is 1. The minimum Gasteiger partial charge on any atom is -0.369 e. The van der Waals surface area contributed by atoms with Crippen molar-refractivity contribution >= 4 is 35.7 Å². The normalized spacial score (nSPS) is 23.2. The third-order valence-corrected chi connectivity index (χ3v) is 5.93. The van der Waals surface area contributed by atoms with Crippen molar-refractivity contribution in [3.8, 4) is 0 Å². The van der Waals surface area contributed by atoms with Gasteiger partial charge in [-0.15, -0.1) is 0 Å². The summed E-state index contributed by atoms with van der Waals surface area (Å²) in [5, 5.41) is 18.3. The number of aliphatic hydroxyl groups is 1. The first kappa shape index (κ1) is 20.8. The van der Waals surface area contributed by atoms with Gasteiger partial charge >= 0.3 is 6.03 Å². The lowest BCUT2D eigenvalue weighted by Crippen LogP contribution is -2.53. The molecule has 3 unspecified atom stereocenters. The van der Waals surface area contributed by atoms with Gasteiger partial charge in [0, 0.05) is 36.0 Å². The van der Waals surface area contributed by atoms with E-state index in [9.17, 15) is 24.3 Å². The highest BCUT2D eigenvalue weighted by Crippen LogP contribution is 2.35. The fourth-order valence-corrected chi connectivity index (χ4v) is 4.12. The molecule has 10 nitrogen and oxygen atoms in total. The molecule has 33 heavy (non-hydrogen) atoms. The monoisotopic (exact) mass is 447 g/mol. The van der Waals surface area contributed by atoms with Crippen molar-refractivity contribution in [2.75, 3.05) is 5.32 Å². The van der Waals surface area contributed by atoms with Crippen LogP contribution in [0.2, 0.25) is 0 Å². The van der Waals surface area contributed by atoms with E-state index in [-0.39, 0.29) is 31.0 Å². The van der Waals surface area contributed by atoms with Gasteiger partial charge in [0.1, 0.15) is 12.1 Å². The zero-order valence-corrected chi connectivity index (χ0v) is 17.4. The molecule has 2 aromatic carbocycles. The number of imide groups is 1. The van der Waals surface area contributed by atoms with Crippen LogP contribution in [-0.4, -0.2) is 46.0 Å². The predicted molar refractivity (Wildman–Crippen MR) is 117 cm³/mol. The summed E-state index contributed by atoms with van der Waals surface area (Å²) in [6.45, 7) is 0.162. The maximum absolute atomic E-state index is 12.9. The molecule has 0 spiro atoms. The summed E-state index contributed by atoms with van der Waals surface area (Å²) in [4.78, 5) is 54.0. The van der Waals surface area contributed by atoms with Crippen LogP contribution in [0, 0.1) is 0 Å². The highest BCUT2D eigenvalue weighted by molar-refractivity contribution is 6.05. The van der Waals surface area contributed by atoms with Gasteiger partial charge in [-0.2, -0.15) is 0 Å². The average molecular weight is 447 g/mol. The first-order valence-corrected chi connectivity index (χ1v) is 10.6. The number of aliphatic imine (C=N–C) groups is 1. The van der Waals surface area contributed by atoms with Crippen LogP contribution in [0.1, 0.15) is 52.2 Å². The summed E-state index contributed by atoms with van der Waals surface area (Å²) < 4.78 is 0. The summed E-state index contributed by atoms with van der Waals surface area (Å²) in [6.07, 6.45) is 0.834. The Kier molecular flexibility index (Phi) is 5.14. The van der Waals surface area contributed by atoms with Gasteiger partial charge in [-0.3, -0.25) is 29.6 Å². The zero-order chi connectivity index (χ0) is 23.1. The Morgan fingerprint density at radius 2 is 1.91 bits per heavy atom. The van der Waals surface area contributed by atoms with Crippen LogP contribution < -0.4 is 16.0 Å². The number of carbonyl (C=O) groups is 4. The van der Waals surface area contributed by atoms with E-state index in [0.717, 1.165) is 10.5 Å². The third-order valence-electron chi connectivity index (χ3n) is 5.93. The minimum atomic E-state index is -1.27. The van der Waals surface area contributed by atoms with E-state index in [1.807, 2.05) is 18.3 Å². The van der Waals surface area contributed by atoms with E-state index in [4.69, 9.17) is 0 Å². The molecule has 0 aromatic heterocycles. The van der Waals surface area contributed by atoms with Crippen LogP contribution in [0.25, 0.3) is 0 Å². The molecule has 10 heteroatoms. The molecule has 4 N–H and O–H groups in total. The molecule has 0 aliphatic carbocycles. The molecule has 0 radical (unpaired) electrons. The second kappa shape index (κ2) is 8.14. The molecule has 5 amide bonds. The second-order valence-electron chi connectivity index (χ2n) is 8.15. The Morgan fingerprint density at radius 3 is 2.61 bits per heavy atom. The van der Waals surface area contributed by atoms with Crippen LogP contribution in [-0.2, 0) is 16.1 Å². The zero-order valence-electron chi connectivity index (χ0n) is 17.4. The van der Waals surface area contributed by atoms with Crippen molar-refractivity contribution in [1.82, 2.24) is 15.5 Å². The maximum atomic E-state index is 12.9. The standard InChI is InChI=1S/C23H21N5O5/c29-19-8-7-18(20(30)27-19)28-21(31)15-6-1-12(9-16(15)22(28)32)10-25-23(33)26-14-4-2-13(3-5-14)17-11-24-17/h1-6,9,11,17-18,21,31H,7-8,10H2,(H2,25,26,33)(H,27,29,30). The Morgan fingerprint density at radius 1 is 1.15 bits per heavy atom. The van der Waals surface area contributed by atoms with Gasteiger partial charge in [0.15, 0.2) is 6.23 Å². The molecule has 1 saturated heterocycles. The molecule has 0 saturated carbocycles.